The molecule has 47 heavy (non-hydrogen) atoms. The van der Waals surface area contributed by atoms with E-state index in [0.29, 0.717) is 11.1 Å². The maximum Gasteiger partial charge on any atom is 0.302 e. The lowest BCUT2D eigenvalue weighted by atomic mass is 10.0. The minimum absolute atomic E-state index is 0.0438. The molecule has 9 heteroatoms. The highest BCUT2D eigenvalue weighted by atomic mass is 79.9. The quantitative estimate of drug-likeness (QED) is 0.0892. The van der Waals surface area contributed by atoms with E-state index in [2.05, 4.69) is 55.9 Å². The lowest BCUT2D eigenvalue weighted by Crippen LogP contribution is -2.28. The summed E-state index contributed by atoms with van der Waals surface area (Å²) in [7, 11) is 0. The van der Waals surface area contributed by atoms with Crippen molar-refractivity contribution in [1.82, 2.24) is 0 Å². The molecule has 0 N–H and O–H groups in total. The predicted octanol–water partition coefficient (Wildman–Crippen LogP) is 11.6. The van der Waals surface area contributed by atoms with Crippen molar-refractivity contribution in [3.8, 4) is 5.75 Å². The lowest BCUT2D eigenvalue weighted by molar-refractivity contribution is -0.143. The number of rotatable bonds is 13. The molecular weight excluding hydrogens is 673 g/mol. The zero-order valence-corrected chi connectivity index (χ0v) is 30.7. The van der Waals surface area contributed by atoms with Crippen LogP contribution in [0.5, 0.6) is 5.75 Å². The number of allylic oxidation sites excluding steroid dienone is 6. The number of carbonyl (C=O) groups excluding carboxylic acids is 2. The molecule has 2 aromatic rings. The molecule has 1 unspecified atom stereocenters. The number of ketones is 1. The van der Waals surface area contributed by atoms with Gasteiger partial charge in [0.15, 0.2) is 16.6 Å². The summed E-state index contributed by atoms with van der Waals surface area (Å²) in [6.45, 7) is 24.2. The first kappa shape index (κ1) is 43.1. The minimum atomic E-state index is -2.96. The van der Waals surface area contributed by atoms with Crippen molar-refractivity contribution in [2.45, 2.75) is 87.7 Å². The largest absolute Gasteiger partial charge is 0.479 e. The molecule has 0 aliphatic carbocycles. The average Bonchev–Trinajstić information content (AvgIpc) is 3.00. The van der Waals surface area contributed by atoms with Crippen LogP contribution in [0.2, 0.25) is 0 Å². The number of esters is 1. The molecule has 0 fully saturated rings. The van der Waals surface area contributed by atoms with Crippen LogP contribution in [-0.2, 0) is 20.2 Å². The fourth-order valence-electron chi connectivity index (χ4n) is 3.96. The van der Waals surface area contributed by atoms with E-state index in [1.54, 1.807) is 13.0 Å². The van der Waals surface area contributed by atoms with Gasteiger partial charge in [-0.1, -0.05) is 82.0 Å². The minimum Gasteiger partial charge on any atom is -0.479 e. The normalized spacial score (nSPS) is 11.9. The first-order chi connectivity index (χ1) is 21.9. The number of hydrogen-bond donors (Lipinski definition) is 0. The first-order valence-electron chi connectivity index (χ1n) is 15.2. The van der Waals surface area contributed by atoms with Gasteiger partial charge >= 0.3 is 5.97 Å². The average molecular weight is 722 g/mol. The highest BCUT2D eigenvalue weighted by molar-refractivity contribution is 9.11. The molecule has 0 heterocycles. The Morgan fingerprint density at radius 3 is 2.04 bits per heavy atom. The Morgan fingerprint density at radius 1 is 1.02 bits per heavy atom. The molecule has 258 valence electrons. The SMILES string of the molecule is C=C(O/C(Br)=C(\C)c1ccc(C(C)(F)F)cc1)C(COC(C)=O)Oc1ccc(F)c(C(C)=O)c1C.C=C/C=C\C(CC)=C(C)C.CC. The number of carbonyl (C=O) groups is 2. The van der Waals surface area contributed by atoms with Crippen LogP contribution in [0.4, 0.5) is 13.2 Å². The highest BCUT2D eigenvalue weighted by Gasteiger charge is 2.25. The molecule has 0 aliphatic heterocycles. The molecule has 2 aromatic carbocycles. The van der Waals surface area contributed by atoms with Crippen molar-refractivity contribution >= 4 is 33.3 Å². The molecule has 0 amide bonds. The molecule has 5 nitrogen and oxygen atoms in total. The van der Waals surface area contributed by atoms with Crippen molar-refractivity contribution in [1.29, 1.82) is 0 Å². The van der Waals surface area contributed by atoms with Crippen LogP contribution in [0.15, 0.2) is 89.4 Å². The fraction of sp³-hybridized carbons (Fsp3) is 0.368. The van der Waals surface area contributed by atoms with E-state index in [-0.39, 0.29) is 39.5 Å². The van der Waals surface area contributed by atoms with Crippen molar-refractivity contribution in [2.24, 2.45) is 0 Å². The van der Waals surface area contributed by atoms with Gasteiger partial charge in [0, 0.05) is 30.5 Å². The van der Waals surface area contributed by atoms with E-state index in [1.165, 1.54) is 62.2 Å². The predicted molar refractivity (Wildman–Crippen MR) is 189 cm³/mol. The van der Waals surface area contributed by atoms with Crippen LogP contribution in [0.1, 0.15) is 95.8 Å². The summed E-state index contributed by atoms with van der Waals surface area (Å²) in [5, 5.41) is 0. The summed E-state index contributed by atoms with van der Waals surface area (Å²) in [6.07, 6.45) is 5.99. The first-order valence-corrected chi connectivity index (χ1v) is 16.0. The van der Waals surface area contributed by atoms with Gasteiger partial charge in [-0.2, -0.15) is 0 Å². The van der Waals surface area contributed by atoms with E-state index >= 15 is 0 Å². The van der Waals surface area contributed by atoms with Crippen LogP contribution in [0, 0.1) is 12.7 Å². The summed E-state index contributed by atoms with van der Waals surface area (Å²) < 4.78 is 58.0. The molecule has 0 radical (unpaired) electrons. The van der Waals surface area contributed by atoms with Gasteiger partial charge in [-0.15, -0.1) is 0 Å². The smallest absolute Gasteiger partial charge is 0.302 e. The van der Waals surface area contributed by atoms with Gasteiger partial charge < -0.3 is 14.2 Å². The molecular formula is C38H48BrF3O5. The summed E-state index contributed by atoms with van der Waals surface area (Å²) in [5.41, 5.74) is 4.04. The van der Waals surface area contributed by atoms with Crippen LogP contribution in [0.3, 0.4) is 0 Å². The second-order valence-corrected chi connectivity index (χ2v) is 11.1. The van der Waals surface area contributed by atoms with E-state index in [9.17, 15) is 22.8 Å². The van der Waals surface area contributed by atoms with Crippen molar-refractivity contribution in [2.75, 3.05) is 6.61 Å². The maximum absolute atomic E-state index is 14.1. The summed E-state index contributed by atoms with van der Waals surface area (Å²) in [4.78, 5) is 23.2. The van der Waals surface area contributed by atoms with Crippen molar-refractivity contribution in [3.63, 3.8) is 0 Å². The Bertz CT molecular complexity index is 1460. The van der Waals surface area contributed by atoms with Gasteiger partial charge in [-0.25, -0.2) is 13.2 Å². The van der Waals surface area contributed by atoms with Crippen molar-refractivity contribution in [3.05, 3.63) is 117 Å². The number of hydrogen-bond acceptors (Lipinski definition) is 5. The third-order valence-corrected chi connectivity index (χ3v) is 7.34. The van der Waals surface area contributed by atoms with Gasteiger partial charge in [-0.05, 0) is 80.2 Å². The molecule has 0 aliphatic rings. The molecule has 1 atom stereocenters. The Balaban J connectivity index is 0.00000150. The number of alkyl halides is 2. The Hall–Kier alpha value is -3.85. The second-order valence-electron chi connectivity index (χ2n) is 10.4. The van der Waals surface area contributed by atoms with Crippen LogP contribution in [0.25, 0.3) is 5.57 Å². The third kappa shape index (κ3) is 14.6. The van der Waals surface area contributed by atoms with E-state index < -0.39 is 29.6 Å². The summed E-state index contributed by atoms with van der Waals surface area (Å²) in [6, 6.07) is 8.18. The van der Waals surface area contributed by atoms with E-state index in [0.717, 1.165) is 19.4 Å². The Morgan fingerprint density at radius 2 is 1.60 bits per heavy atom. The van der Waals surface area contributed by atoms with E-state index in [4.69, 9.17) is 14.2 Å². The second kappa shape index (κ2) is 21.1. The van der Waals surface area contributed by atoms with Gasteiger partial charge in [0.05, 0.1) is 5.56 Å². The molecule has 0 saturated heterocycles. The van der Waals surface area contributed by atoms with E-state index in [1.807, 2.05) is 19.9 Å². The van der Waals surface area contributed by atoms with Crippen LogP contribution >= 0.6 is 15.9 Å². The van der Waals surface area contributed by atoms with Gasteiger partial charge in [0.2, 0.25) is 0 Å². The zero-order valence-electron chi connectivity index (χ0n) is 29.2. The number of halogens is 4. The van der Waals surface area contributed by atoms with Gasteiger partial charge in [0.1, 0.15) is 23.9 Å². The maximum atomic E-state index is 14.1. The molecule has 0 aromatic heterocycles. The molecule has 0 spiro atoms. The topological polar surface area (TPSA) is 61.8 Å². The monoisotopic (exact) mass is 720 g/mol. The summed E-state index contributed by atoms with van der Waals surface area (Å²) in [5.74, 6) is -4.44. The van der Waals surface area contributed by atoms with Crippen molar-refractivity contribution < 1.29 is 37.0 Å². The molecule has 2 rings (SSSR count). The van der Waals surface area contributed by atoms with Crippen LogP contribution in [-0.4, -0.2) is 24.5 Å². The van der Waals surface area contributed by atoms with Crippen LogP contribution < -0.4 is 4.74 Å². The van der Waals surface area contributed by atoms with Gasteiger partial charge in [-0.3, -0.25) is 9.59 Å². The fourth-order valence-corrected chi connectivity index (χ4v) is 4.40. The number of Topliss-reactive ketones (excluding diaryl/α,β-unsaturated/α-hetero) is 1. The number of ether oxygens (including phenoxy) is 3. The Kier molecular flexibility index (Phi) is 19.4. The zero-order chi connectivity index (χ0) is 36.5. The Labute approximate surface area is 287 Å². The van der Waals surface area contributed by atoms with Gasteiger partial charge in [0.25, 0.3) is 5.92 Å². The number of benzene rings is 2. The lowest BCUT2D eigenvalue weighted by Gasteiger charge is -2.23. The standard InChI is InChI=1S/C26H26BrF3O5.C10H16.C2H6/c1-14(19-7-9-20(10-8-19)26(6,29)30)25(27)34-17(4)23(13-33-18(5)32)35-22-12-11-21(28)24(15(22)2)16(3)31;1-5-7-8-10(6-2)9(3)4;1-2/h7-12,23H,4,13H2,1-3,5-6H3;5,7-8H,1,6H2,2-4H3;1-2H3/b25-14+;8-7-;. The summed E-state index contributed by atoms with van der Waals surface area (Å²) >= 11 is 3.32. The highest BCUT2D eigenvalue weighted by Crippen LogP contribution is 2.32. The third-order valence-electron chi connectivity index (χ3n) is 6.58. The molecule has 0 saturated carbocycles. The molecule has 0 bridgehead atoms.